The Morgan fingerprint density at radius 3 is 2.42 bits per heavy atom. The number of hydrogen-bond acceptors (Lipinski definition) is 7. The maximum Gasteiger partial charge on any atom is 0.269 e. The van der Waals surface area contributed by atoms with Crippen LogP contribution in [0.3, 0.4) is 0 Å². The lowest BCUT2D eigenvalue weighted by atomic mass is 9.85. The van der Waals surface area contributed by atoms with Gasteiger partial charge < -0.3 is 10.0 Å². The SMILES string of the molecule is C[C@@H](N1CCN(c2ccc([N+](=O)[O-])cc2)CC1)[C@](O)(Cn1cncn1)c1ccc(F)cc1F. The van der Waals surface area contributed by atoms with Gasteiger partial charge in [0.1, 0.15) is 29.9 Å². The predicted octanol–water partition coefficient (Wildman–Crippen LogP) is 2.56. The predicted molar refractivity (Wildman–Crippen MR) is 117 cm³/mol. The Morgan fingerprint density at radius 2 is 1.85 bits per heavy atom. The van der Waals surface area contributed by atoms with Gasteiger partial charge in [0, 0.05) is 61.7 Å². The van der Waals surface area contributed by atoms with Gasteiger partial charge in [-0.1, -0.05) is 6.07 Å². The van der Waals surface area contributed by atoms with Crippen molar-refractivity contribution in [2.24, 2.45) is 0 Å². The lowest BCUT2D eigenvalue weighted by molar-refractivity contribution is -0.384. The molecule has 0 radical (unpaired) electrons. The number of aliphatic hydroxyl groups is 1. The Kier molecular flexibility index (Phi) is 6.34. The Hall–Kier alpha value is -3.44. The summed E-state index contributed by atoms with van der Waals surface area (Å²) in [6.45, 7) is 4.13. The molecule has 0 spiro atoms. The van der Waals surface area contributed by atoms with E-state index >= 15 is 0 Å². The lowest BCUT2D eigenvalue weighted by Gasteiger charge is -2.45. The minimum absolute atomic E-state index is 0.00954. The Labute approximate surface area is 189 Å². The number of halogens is 2. The first kappa shape index (κ1) is 22.7. The largest absolute Gasteiger partial charge is 0.381 e. The van der Waals surface area contributed by atoms with Crippen LogP contribution in [-0.4, -0.2) is 61.9 Å². The van der Waals surface area contributed by atoms with Gasteiger partial charge in [0.2, 0.25) is 0 Å². The molecular weight excluding hydrogens is 434 g/mol. The van der Waals surface area contributed by atoms with Crippen LogP contribution in [0.25, 0.3) is 0 Å². The van der Waals surface area contributed by atoms with Crippen molar-refractivity contribution >= 4 is 11.4 Å². The van der Waals surface area contributed by atoms with E-state index in [2.05, 4.69) is 15.0 Å². The fourth-order valence-corrected chi connectivity index (χ4v) is 4.30. The van der Waals surface area contributed by atoms with Gasteiger partial charge in [-0.3, -0.25) is 15.0 Å². The summed E-state index contributed by atoms with van der Waals surface area (Å²) in [7, 11) is 0. The van der Waals surface area contributed by atoms with Crippen LogP contribution in [0.2, 0.25) is 0 Å². The average Bonchev–Trinajstić information content (AvgIpc) is 3.31. The number of non-ortho nitro benzene ring substituents is 1. The number of hydrogen-bond donors (Lipinski definition) is 1. The zero-order valence-electron chi connectivity index (χ0n) is 18.0. The fourth-order valence-electron chi connectivity index (χ4n) is 4.30. The van der Waals surface area contributed by atoms with Gasteiger partial charge in [-0.25, -0.2) is 18.4 Å². The lowest BCUT2D eigenvalue weighted by Crippen LogP contribution is -2.57. The summed E-state index contributed by atoms with van der Waals surface area (Å²) in [6.07, 6.45) is 2.76. The third-order valence-corrected chi connectivity index (χ3v) is 6.25. The van der Waals surface area contributed by atoms with Crippen LogP contribution < -0.4 is 4.90 Å². The first-order valence-electron chi connectivity index (χ1n) is 10.5. The monoisotopic (exact) mass is 458 g/mol. The summed E-state index contributed by atoms with van der Waals surface area (Å²) < 4.78 is 29.7. The molecule has 0 unspecified atom stereocenters. The van der Waals surface area contributed by atoms with E-state index in [9.17, 15) is 24.0 Å². The van der Waals surface area contributed by atoms with E-state index in [4.69, 9.17) is 0 Å². The number of rotatable bonds is 7. The van der Waals surface area contributed by atoms with E-state index in [0.29, 0.717) is 26.2 Å². The van der Waals surface area contributed by atoms with Crippen LogP contribution in [0.1, 0.15) is 12.5 Å². The molecule has 4 rings (SSSR count). The molecule has 33 heavy (non-hydrogen) atoms. The van der Waals surface area contributed by atoms with Gasteiger partial charge in [0.15, 0.2) is 0 Å². The molecule has 1 fully saturated rings. The van der Waals surface area contributed by atoms with Crippen LogP contribution in [-0.2, 0) is 12.1 Å². The minimum atomic E-state index is -1.69. The van der Waals surface area contributed by atoms with Crippen molar-refractivity contribution in [1.29, 1.82) is 0 Å². The normalized spacial score (nSPS) is 17.5. The van der Waals surface area contributed by atoms with Crippen molar-refractivity contribution in [1.82, 2.24) is 19.7 Å². The van der Waals surface area contributed by atoms with Gasteiger partial charge in [-0.15, -0.1) is 0 Å². The maximum atomic E-state index is 14.8. The van der Waals surface area contributed by atoms with Crippen LogP contribution in [0.4, 0.5) is 20.2 Å². The molecule has 0 amide bonds. The van der Waals surface area contributed by atoms with Crippen LogP contribution in [0.15, 0.2) is 55.1 Å². The van der Waals surface area contributed by atoms with Crippen LogP contribution in [0.5, 0.6) is 0 Å². The van der Waals surface area contributed by atoms with Crippen molar-refractivity contribution in [2.45, 2.75) is 25.1 Å². The number of nitrogens with zero attached hydrogens (tertiary/aromatic N) is 6. The highest BCUT2D eigenvalue weighted by Crippen LogP contribution is 2.33. The second-order valence-electron chi connectivity index (χ2n) is 8.11. The van der Waals surface area contributed by atoms with Crippen molar-refractivity contribution in [3.05, 3.63) is 82.4 Å². The Bertz CT molecular complexity index is 1100. The molecule has 3 aromatic rings. The van der Waals surface area contributed by atoms with Gasteiger partial charge in [-0.2, -0.15) is 5.10 Å². The molecular formula is C22H24F2N6O3. The second-order valence-corrected chi connectivity index (χ2v) is 8.11. The summed E-state index contributed by atoms with van der Waals surface area (Å²) in [5.74, 6) is -1.54. The van der Waals surface area contributed by atoms with E-state index in [0.717, 1.165) is 17.8 Å². The molecule has 1 N–H and O–H groups in total. The fraction of sp³-hybridized carbons (Fsp3) is 0.364. The summed E-state index contributed by atoms with van der Waals surface area (Å²) in [5, 5.41) is 26.7. The number of nitro benzene ring substituents is 1. The second kappa shape index (κ2) is 9.20. The molecule has 2 atom stereocenters. The Balaban J connectivity index is 1.53. The quantitative estimate of drug-likeness (QED) is 0.429. The molecule has 2 aromatic carbocycles. The van der Waals surface area contributed by atoms with Gasteiger partial charge >= 0.3 is 0 Å². The highest BCUT2D eigenvalue weighted by molar-refractivity contribution is 5.51. The molecule has 11 heteroatoms. The van der Waals surface area contributed by atoms with Crippen LogP contribution in [0, 0.1) is 21.7 Å². The molecule has 2 heterocycles. The smallest absolute Gasteiger partial charge is 0.269 e. The molecule has 0 bridgehead atoms. The molecule has 174 valence electrons. The number of nitro groups is 1. The first-order valence-corrected chi connectivity index (χ1v) is 10.5. The molecule has 1 saturated heterocycles. The zero-order chi connectivity index (χ0) is 23.6. The third-order valence-electron chi connectivity index (χ3n) is 6.25. The van der Waals surface area contributed by atoms with E-state index in [-0.39, 0.29) is 17.8 Å². The summed E-state index contributed by atoms with van der Waals surface area (Å²) >= 11 is 0. The average molecular weight is 458 g/mol. The van der Waals surface area contributed by atoms with Crippen molar-refractivity contribution in [3.63, 3.8) is 0 Å². The van der Waals surface area contributed by atoms with E-state index in [1.807, 2.05) is 4.90 Å². The third kappa shape index (κ3) is 4.69. The maximum absolute atomic E-state index is 14.8. The summed E-state index contributed by atoms with van der Waals surface area (Å²) in [6, 6.07) is 9.01. The van der Waals surface area contributed by atoms with Crippen molar-refractivity contribution in [2.75, 3.05) is 31.1 Å². The van der Waals surface area contributed by atoms with Crippen molar-refractivity contribution in [3.8, 4) is 0 Å². The molecule has 1 aromatic heterocycles. The van der Waals surface area contributed by atoms with Gasteiger partial charge in [-0.05, 0) is 25.1 Å². The molecule has 0 aliphatic carbocycles. The standard InChI is InChI=1S/C22H24F2N6O3/c1-16(27-8-10-28(11-9-27)18-3-5-19(6-4-18)30(32)33)22(31,13-29-15-25-14-26-29)20-7-2-17(23)12-21(20)24/h2-7,12,14-16,31H,8-11,13H2,1H3/t16-,22-/m1/s1. The first-order chi connectivity index (χ1) is 15.8. The highest BCUT2D eigenvalue weighted by Gasteiger charge is 2.42. The number of piperazine rings is 1. The Morgan fingerprint density at radius 1 is 1.15 bits per heavy atom. The van der Waals surface area contributed by atoms with E-state index in [1.54, 1.807) is 19.1 Å². The molecule has 9 nitrogen and oxygen atoms in total. The van der Waals surface area contributed by atoms with Crippen LogP contribution >= 0.6 is 0 Å². The number of aromatic nitrogens is 3. The van der Waals surface area contributed by atoms with E-state index < -0.39 is 28.2 Å². The van der Waals surface area contributed by atoms with Gasteiger partial charge in [0.05, 0.1) is 11.5 Å². The topological polar surface area (TPSA) is 101 Å². The number of benzene rings is 2. The van der Waals surface area contributed by atoms with Gasteiger partial charge in [0.25, 0.3) is 5.69 Å². The van der Waals surface area contributed by atoms with Crippen molar-refractivity contribution < 1.29 is 18.8 Å². The highest BCUT2D eigenvalue weighted by atomic mass is 19.1. The number of anilines is 1. The summed E-state index contributed by atoms with van der Waals surface area (Å²) in [5.41, 5.74) is -0.799. The van der Waals surface area contributed by atoms with E-state index in [1.165, 1.54) is 35.5 Å². The zero-order valence-corrected chi connectivity index (χ0v) is 18.0. The summed E-state index contributed by atoms with van der Waals surface area (Å²) in [4.78, 5) is 18.5. The molecule has 1 aliphatic rings. The molecule has 0 saturated carbocycles. The molecule has 1 aliphatic heterocycles. The minimum Gasteiger partial charge on any atom is -0.381 e.